The number of hydrogen-bond acceptors (Lipinski definition) is 4. The SMILES string of the molecule is COCC(O)CNC(=O)Oc1ccccc1. The molecule has 0 radical (unpaired) electrons. The molecule has 1 amide bonds. The Morgan fingerprint density at radius 3 is 2.75 bits per heavy atom. The number of nitrogens with one attached hydrogen (secondary N) is 1. The molecule has 0 bridgehead atoms. The summed E-state index contributed by atoms with van der Waals surface area (Å²) < 4.78 is 9.65. The molecule has 0 aliphatic rings. The molecule has 1 rings (SSSR count). The number of para-hydroxylation sites is 1. The van der Waals surface area contributed by atoms with Crippen LogP contribution in [0.4, 0.5) is 4.79 Å². The predicted octanol–water partition coefficient (Wildman–Crippen LogP) is 0.782. The summed E-state index contributed by atoms with van der Waals surface area (Å²) in [4.78, 5) is 11.2. The molecule has 0 heterocycles. The number of carbonyl (C=O) groups excluding carboxylic acids is 1. The monoisotopic (exact) mass is 225 g/mol. The van der Waals surface area contributed by atoms with E-state index >= 15 is 0 Å². The molecule has 2 N–H and O–H groups in total. The van der Waals surface area contributed by atoms with Gasteiger partial charge in [-0.3, -0.25) is 0 Å². The molecule has 0 saturated carbocycles. The summed E-state index contributed by atoms with van der Waals surface area (Å²) in [7, 11) is 1.48. The Morgan fingerprint density at radius 1 is 1.44 bits per heavy atom. The van der Waals surface area contributed by atoms with E-state index in [1.54, 1.807) is 24.3 Å². The summed E-state index contributed by atoms with van der Waals surface area (Å²) in [5, 5.41) is 11.7. The Morgan fingerprint density at radius 2 is 2.12 bits per heavy atom. The van der Waals surface area contributed by atoms with E-state index in [9.17, 15) is 9.90 Å². The first kappa shape index (κ1) is 12.5. The highest BCUT2D eigenvalue weighted by Crippen LogP contribution is 2.07. The zero-order chi connectivity index (χ0) is 11.8. The Bertz CT molecular complexity index is 315. The number of aliphatic hydroxyl groups excluding tert-OH is 1. The lowest BCUT2D eigenvalue weighted by molar-refractivity contribution is 0.0646. The van der Waals surface area contributed by atoms with Gasteiger partial charge in [-0.2, -0.15) is 0 Å². The quantitative estimate of drug-likeness (QED) is 0.777. The van der Waals surface area contributed by atoms with E-state index in [2.05, 4.69) is 5.32 Å². The van der Waals surface area contributed by atoms with E-state index in [-0.39, 0.29) is 13.2 Å². The first-order valence-electron chi connectivity index (χ1n) is 4.90. The molecule has 1 atom stereocenters. The van der Waals surface area contributed by atoms with Crippen molar-refractivity contribution in [3.63, 3.8) is 0 Å². The van der Waals surface area contributed by atoms with E-state index in [1.165, 1.54) is 7.11 Å². The molecule has 0 aliphatic carbocycles. The molecule has 0 aromatic heterocycles. The molecule has 1 unspecified atom stereocenters. The zero-order valence-electron chi connectivity index (χ0n) is 9.05. The van der Waals surface area contributed by atoms with E-state index in [4.69, 9.17) is 9.47 Å². The largest absolute Gasteiger partial charge is 0.412 e. The second kappa shape index (κ2) is 6.81. The zero-order valence-corrected chi connectivity index (χ0v) is 9.05. The van der Waals surface area contributed by atoms with Crippen molar-refractivity contribution in [2.45, 2.75) is 6.10 Å². The van der Waals surface area contributed by atoms with Crippen LogP contribution in [0, 0.1) is 0 Å². The number of rotatable bonds is 5. The fraction of sp³-hybridized carbons (Fsp3) is 0.364. The van der Waals surface area contributed by atoms with Crippen molar-refractivity contribution < 1.29 is 19.4 Å². The lowest BCUT2D eigenvalue weighted by Crippen LogP contribution is -2.36. The molecular weight excluding hydrogens is 210 g/mol. The maximum absolute atomic E-state index is 11.2. The van der Waals surface area contributed by atoms with Gasteiger partial charge in [0.25, 0.3) is 0 Å². The van der Waals surface area contributed by atoms with Crippen LogP contribution in [-0.2, 0) is 4.74 Å². The molecular formula is C11H15NO4. The van der Waals surface area contributed by atoms with Gasteiger partial charge in [0.05, 0.1) is 12.7 Å². The molecule has 0 fully saturated rings. The average Bonchev–Trinajstić information content (AvgIpc) is 2.28. The standard InChI is InChI=1S/C11H15NO4/c1-15-8-9(13)7-12-11(14)16-10-5-3-2-4-6-10/h2-6,9,13H,7-8H2,1H3,(H,12,14). The minimum atomic E-state index is -0.728. The van der Waals surface area contributed by atoms with Crippen molar-refractivity contribution in [3.8, 4) is 5.75 Å². The van der Waals surface area contributed by atoms with Gasteiger partial charge in [-0.15, -0.1) is 0 Å². The summed E-state index contributed by atoms with van der Waals surface area (Å²) in [6, 6.07) is 8.70. The summed E-state index contributed by atoms with van der Waals surface area (Å²) in [6.45, 7) is 0.269. The number of hydrogen-bond donors (Lipinski definition) is 2. The van der Waals surface area contributed by atoms with Crippen LogP contribution in [0.15, 0.2) is 30.3 Å². The lowest BCUT2D eigenvalue weighted by atomic mass is 10.3. The number of aliphatic hydroxyl groups is 1. The molecule has 16 heavy (non-hydrogen) atoms. The van der Waals surface area contributed by atoms with Crippen LogP contribution in [0.25, 0.3) is 0 Å². The number of carbonyl (C=O) groups is 1. The third-order valence-corrected chi connectivity index (χ3v) is 1.79. The second-order valence-corrected chi connectivity index (χ2v) is 3.19. The Kier molecular flexibility index (Phi) is 5.31. The predicted molar refractivity (Wildman–Crippen MR) is 58.4 cm³/mol. The average molecular weight is 225 g/mol. The van der Waals surface area contributed by atoms with Gasteiger partial charge in [0.2, 0.25) is 0 Å². The first-order chi connectivity index (χ1) is 7.72. The maximum Gasteiger partial charge on any atom is 0.412 e. The van der Waals surface area contributed by atoms with Crippen LogP contribution in [-0.4, -0.2) is 37.6 Å². The molecule has 0 spiro atoms. The number of methoxy groups -OCH3 is 1. The van der Waals surface area contributed by atoms with Crippen LogP contribution in [0.1, 0.15) is 0 Å². The topological polar surface area (TPSA) is 67.8 Å². The van der Waals surface area contributed by atoms with E-state index < -0.39 is 12.2 Å². The highest BCUT2D eigenvalue weighted by molar-refractivity contribution is 5.70. The normalized spacial score (nSPS) is 11.9. The van der Waals surface area contributed by atoms with Crippen molar-refractivity contribution in [3.05, 3.63) is 30.3 Å². The minimum absolute atomic E-state index is 0.0967. The summed E-state index contributed by atoms with van der Waals surface area (Å²) >= 11 is 0. The van der Waals surface area contributed by atoms with Crippen molar-refractivity contribution in [1.29, 1.82) is 0 Å². The molecule has 0 saturated heterocycles. The molecule has 1 aromatic rings. The first-order valence-corrected chi connectivity index (χ1v) is 4.90. The number of ether oxygens (including phenoxy) is 2. The smallest absolute Gasteiger partial charge is 0.410 e. The molecule has 5 heteroatoms. The molecule has 5 nitrogen and oxygen atoms in total. The van der Waals surface area contributed by atoms with E-state index in [0.29, 0.717) is 5.75 Å². The highest BCUT2D eigenvalue weighted by Gasteiger charge is 2.07. The van der Waals surface area contributed by atoms with Gasteiger partial charge in [-0.05, 0) is 12.1 Å². The molecule has 1 aromatic carbocycles. The van der Waals surface area contributed by atoms with Crippen molar-refractivity contribution in [2.24, 2.45) is 0 Å². The third kappa shape index (κ3) is 4.77. The summed E-state index contributed by atoms with van der Waals surface area (Å²) in [6.07, 6.45) is -1.32. The highest BCUT2D eigenvalue weighted by atomic mass is 16.6. The lowest BCUT2D eigenvalue weighted by Gasteiger charge is -2.10. The summed E-state index contributed by atoms with van der Waals surface area (Å²) in [5.74, 6) is 0.459. The Labute approximate surface area is 94.0 Å². The van der Waals surface area contributed by atoms with Crippen LogP contribution in [0.5, 0.6) is 5.75 Å². The van der Waals surface area contributed by atoms with Gasteiger partial charge in [-0.1, -0.05) is 18.2 Å². The second-order valence-electron chi connectivity index (χ2n) is 3.19. The fourth-order valence-corrected chi connectivity index (χ4v) is 1.08. The van der Waals surface area contributed by atoms with Crippen molar-refractivity contribution in [2.75, 3.05) is 20.3 Å². The van der Waals surface area contributed by atoms with Gasteiger partial charge in [-0.25, -0.2) is 4.79 Å². The minimum Gasteiger partial charge on any atom is -0.410 e. The molecule has 88 valence electrons. The van der Waals surface area contributed by atoms with Crippen LogP contribution < -0.4 is 10.1 Å². The number of benzene rings is 1. The fourth-order valence-electron chi connectivity index (χ4n) is 1.08. The van der Waals surface area contributed by atoms with Gasteiger partial charge in [0.1, 0.15) is 5.75 Å². The van der Waals surface area contributed by atoms with Gasteiger partial charge in [0.15, 0.2) is 0 Å². The molecule has 0 aliphatic heterocycles. The third-order valence-electron chi connectivity index (χ3n) is 1.79. The van der Waals surface area contributed by atoms with Crippen LogP contribution in [0.2, 0.25) is 0 Å². The summed E-state index contributed by atoms with van der Waals surface area (Å²) in [5.41, 5.74) is 0. The van der Waals surface area contributed by atoms with Crippen molar-refractivity contribution >= 4 is 6.09 Å². The Balaban J connectivity index is 2.26. The van der Waals surface area contributed by atoms with Crippen molar-refractivity contribution in [1.82, 2.24) is 5.32 Å². The van der Waals surface area contributed by atoms with E-state index in [0.717, 1.165) is 0 Å². The van der Waals surface area contributed by atoms with Crippen LogP contribution in [0.3, 0.4) is 0 Å². The number of amides is 1. The maximum atomic E-state index is 11.2. The van der Waals surface area contributed by atoms with E-state index in [1.807, 2.05) is 6.07 Å². The van der Waals surface area contributed by atoms with Gasteiger partial charge < -0.3 is 19.9 Å². The Hall–Kier alpha value is -1.59. The van der Waals surface area contributed by atoms with Gasteiger partial charge >= 0.3 is 6.09 Å². The van der Waals surface area contributed by atoms with Crippen LogP contribution >= 0.6 is 0 Å². The van der Waals surface area contributed by atoms with Gasteiger partial charge in [0, 0.05) is 13.7 Å².